The van der Waals surface area contributed by atoms with E-state index < -0.39 is 0 Å². The van der Waals surface area contributed by atoms with Gasteiger partial charge in [-0.1, -0.05) is 19.9 Å². The van der Waals surface area contributed by atoms with Crippen molar-refractivity contribution in [3.8, 4) is 0 Å². The second kappa shape index (κ2) is 7.27. The van der Waals surface area contributed by atoms with Gasteiger partial charge in [-0.05, 0) is 37.1 Å². The number of likely N-dealkylation sites (tertiary alicyclic amines) is 1. The van der Waals surface area contributed by atoms with Crippen LogP contribution in [0.3, 0.4) is 0 Å². The first-order valence-corrected chi connectivity index (χ1v) is 8.62. The van der Waals surface area contributed by atoms with Gasteiger partial charge in [-0.3, -0.25) is 0 Å². The average molecular weight is 310 g/mol. The van der Waals surface area contributed by atoms with E-state index in [2.05, 4.69) is 25.2 Å². The van der Waals surface area contributed by atoms with E-state index in [0.29, 0.717) is 12.5 Å². The predicted molar refractivity (Wildman–Crippen MR) is 86.4 cm³/mol. The van der Waals surface area contributed by atoms with Gasteiger partial charge in [0.1, 0.15) is 0 Å². The largest absolute Gasteiger partial charge is 0.393 e. The van der Waals surface area contributed by atoms with Crippen LogP contribution in [0.4, 0.5) is 4.79 Å². The molecule has 1 fully saturated rings. The Bertz CT molecular complexity index is 445. The fourth-order valence-corrected chi connectivity index (χ4v) is 3.60. The Kier molecular flexibility index (Phi) is 5.65. The lowest BCUT2D eigenvalue weighted by atomic mass is 10.0. The maximum Gasteiger partial charge on any atom is 0.317 e. The van der Waals surface area contributed by atoms with E-state index in [1.165, 1.54) is 4.88 Å². The molecule has 4 nitrogen and oxygen atoms in total. The highest BCUT2D eigenvalue weighted by Gasteiger charge is 2.30. The number of thiophene rings is 1. The minimum atomic E-state index is -0.341. The van der Waals surface area contributed by atoms with E-state index in [9.17, 15) is 9.90 Å². The summed E-state index contributed by atoms with van der Waals surface area (Å²) in [7, 11) is 0. The fourth-order valence-electron chi connectivity index (χ4n) is 2.81. The molecule has 0 bridgehead atoms. The molecule has 0 aliphatic carbocycles. The zero-order chi connectivity index (χ0) is 15.4. The van der Waals surface area contributed by atoms with Crippen LogP contribution < -0.4 is 5.32 Å². The van der Waals surface area contributed by atoms with Crippen LogP contribution in [0.2, 0.25) is 0 Å². The molecule has 1 aliphatic rings. The molecule has 0 aromatic carbocycles. The molecule has 2 heterocycles. The monoisotopic (exact) mass is 310 g/mol. The van der Waals surface area contributed by atoms with Gasteiger partial charge in [-0.2, -0.15) is 0 Å². The second-order valence-corrected chi connectivity index (χ2v) is 7.36. The maximum absolute atomic E-state index is 12.4. The zero-order valence-corrected chi connectivity index (χ0v) is 13.9. The third-order valence-corrected chi connectivity index (χ3v) is 5.07. The fraction of sp³-hybridized carbons (Fsp3) is 0.688. The van der Waals surface area contributed by atoms with Crippen molar-refractivity contribution >= 4 is 17.4 Å². The lowest BCUT2D eigenvalue weighted by Gasteiger charge is -2.24. The van der Waals surface area contributed by atoms with Gasteiger partial charge in [-0.25, -0.2) is 4.79 Å². The average Bonchev–Trinajstić information content (AvgIpc) is 3.09. The molecule has 0 spiro atoms. The normalized spacial score (nSPS) is 21.6. The molecule has 21 heavy (non-hydrogen) atoms. The maximum atomic E-state index is 12.4. The summed E-state index contributed by atoms with van der Waals surface area (Å²) < 4.78 is 0. The number of aliphatic hydroxyl groups is 1. The Hall–Kier alpha value is -1.07. The molecule has 1 aromatic heterocycles. The van der Waals surface area contributed by atoms with Gasteiger partial charge in [0.05, 0.1) is 12.1 Å². The van der Waals surface area contributed by atoms with Crippen molar-refractivity contribution in [1.29, 1.82) is 0 Å². The Morgan fingerprint density at radius 1 is 1.52 bits per heavy atom. The smallest absolute Gasteiger partial charge is 0.317 e. The van der Waals surface area contributed by atoms with Crippen molar-refractivity contribution in [2.75, 3.05) is 13.1 Å². The summed E-state index contributed by atoms with van der Waals surface area (Å²) in [5.74, 6) is 0.738. The molecule has 0 saturated carbocycles. The summed E-state index contributed by atoms with van der Waals surface area (Å²) in [6.07, 6.45) is 1.49. The van der Waals surface area contributed by atoms with Gasteiger partial charge >= 0.3 is 6.03 Å². The van der Waals surface area contributed by atoms with Gasteiger partial charge in [0, 0.05) is 23.9 Å². The number of aliphatic hydroxyl groups excluding tert-OH is 1. The van der Waals surface area contributed by atoms with Crippen molar-refractivity contribution in [2.24, 2.45) is 11.8 Å². The minimum Gasteiger partial charge on any atom is -0.393 e. The highest BCUT2D eigenvalue weighted by atomic mass is 32.1. The molecule has 2 amide bonds. The van der Waals surface area contributed by atoms with Gasteiger partial charge < -0.3 is 15.3 Å². The van der Waals surface area contributed by atoms with Crippen LogP contribution in [0.5, 0.6) is 0 Å². The molecule has 2 rings (SSSR count). The minimum absolute atomic E-state index is 0.00259. The first-order valence-electron chi connectivity index (χ1n) is 7.74. The number of amides is 2. The van der Waals surface area contributed by atoms with Gasteiger partial charge in [0.15, 0.2) is 0 Å². The number of rotatable bonds is 5. The summed E-state index contributed by atoms with van der Waals surface area (Å²) in [6, 6.07) is 4.19. The zero-order valence-electron chi connectivity index (χ0n) is 13.1. The van der Waals surface area contributed by atoms with Crippen LogP contribution in [-0.2, 0) is 0 Å². The quantitative estimate of drug-likeness (QED) is 0.877. The van der Waals surface area contributed by atoms with E-state index in [1.807, 2.05) is 16.3 Å². The summed E-state index contributed by atoms with van der Waals surface area (Å²) in [6.45, 7) is 7.54. The van der Waals surface area contributed by atoms with Crippen LogP contribution >= 0.6 is 11.3 Å². The number of hydrogen-bond donors (Lipinski definition) is 2. The molecular formula is C16H26N2O2S. The van der Waals surface area contributed by atoms with Gasteiger partial charge in [0.25, 0.3) is 0 Å². The third-order valence-electron chi connectivity index (χ3n) is 4.09. The number of nitrogens with zero attached hydrogens (tertiary/aromatic N) is 1. The molecule has 1 aliphatic heterocycles. The predicted octanol–water partition coefficient (Wildman–Crippen LogP) is 3.25. The Balaban J connectivity index is 1.95. The van der Waals surface area contributed by atoms with E-state index in [-0.39, 0.29) is 24.1 Å². The highest BCUT2D eigenvalue weighted by molar-refractivity contribution is 7.10. The molecule has 1 saturated heterocycles. The summed E-state index contributed by atoms with van der Waals surface area (Å²) in [5, 5.41) is 14.9. The number of carbonyl (C=O) groups is 1. The van der Waals surface area contributed by atoms with Crippen LogP contribution in [0.1, 0.15) is 44.5 Å². The van der Waals surface area contributed by atoms with E-state index >= 15 is 0 Å². The second-order valence-electron chi connectivity index (χ2n) is 6.38. The SMILES string of the molecule is CC(C)CC(NC(=O)N1CCC(C(C)O)C1)c1cccs1. The number of urea groups is 1. The lowest BCUT2D eigenvalue weighted by molar-refractivity contribution is 0.129. The lowest BCUT2D eigenvalue weighted by Crippen LogP contribution is -2.41. The number of hydrogen-bond acceptors (Lipinski definition) is 3. The van der Waals surface area contributed by atoms with Crippen molar-refractivity contribution in [1.82, 2.24) is 10.2 Å². The first kappa shape index (κ1) is 16.3. The van der Waals surface area contributed by atoms with E-state index in [1.54, 1.807) is 18.3 Å². The molecule has 0 radical (unpaired) electrons. The van der Waals surface area contributed by atoms with Crippen molar-refractivity contribution < 1.29 is 9.90 Å². The van der Waals surface area contributed by atoms with Crippen LogP contribution in [0.25, 0.3) is 0 Å². The number of carbonyl (C=O) groups excluding carboxylic acids is 1. The van der Waals surface area contributed by atoms with Crippen LogP contribution in [0.15, 0.2) is 17.5 Å². The van der Waals surface area contributed by atoms with Crippen molar-refractivity contribution in [2.45, 2.75) is 45.8 Å². The molecule has 1 aromatic rings. The molecular weight excluding hydrogens is 284 g/mol. The Morgan fingerprint density at radius 3 is 2.81 bits per heavy atom. The van der Waals surface area contributed by atoms with E-state index in [0.717, 1.165) is 19.4 Å². The van der Waals surface area contributed by atoms with Gasteiger partial charge in [-0.15, -0.1) is 11.3 Å². The van der Waals surface area contributed by atoms with Crippen LogP contribution in [-0.4, -0.2) is 35.2 Å². The topological polar surface area (TPSA) is 52.6 Å². The summed E-state index contributed by atoms with van der Waals surface area (Å²) in [5.41, 5.74) is 0. The Morgan fingerprint density at radius 2 is 2.29 bits per heavy atom. The van der Waals surface area contributed by atoms with Crippen molar-refractivity contribution in [3.63, 3.8) is 0 Å². The standard InChI is InChI=1S/C16H26N2O2S/c1-11(2)9-14(15-5-4-8-21-15)17-16(20)18-7-6-13(10-18)12(3)19/h4-5,8,11-14,19H,6-7,9-10H2,1-3H3,(H,17,20). The van der Waals surface area contributed by atoms with Gasteiger partial charge in [0.2, 0.25) is 0 Å². The molecule has 3 atom stereocenters. The molecule has 2 N–H and O–H groups in total. The highest BCUT2D eigenvalue weighted by Crippen LogP contribution is 2.26. The summed E-state index contributed by atoms with van der Waals surface area (Å²) in [4.78, 5) is 15.5. The number of nitrogens with one attached hydrogen (secondary N) is 1. The molecule has 3 unspecified atom stereocenters. The Labute approximate surface area is 131 Å². The third kappa shape index (κ3) is 4.45. The molecule has 5 heteroatoms. The summed E-state index contributed by atoms with van der Waals surface area (Å²) >= 11 is 1.69. The molecule has 118 valence electrons. The van der Waals surface area contributed by atoms with E-state index in [4.69, 9.17) is 0 Å². The van der Waals surface area contributed by atoms with Crippen molar-refractivity contribution in [3.05, 3.63) is 22.4 Å². The van der Waals surface area contributed by atoms with Crippen LogP contribution in [0, 0.1) is 11.8 Å². The first-order chi connectivity index (χ1) is 9.97.